The molecule has 1 aliphatic rings. The molecular weight excluding hydrogens is 330 g/mol. The van der Waals surface area contributed by atoms with E-state index in [2.05, 4.69) is 40.5 Å². The third kappa shape index (κ3) is 4.39. The quantitative estimate of drug-likeness (QED) is 0.902. The first kappa shape index (κ1) is 18.4. The lowest BCUT2D eigenvalue weighted by atomic mass is 9.87. The number of aromatic nitrogens is 4. The molecule has 7 heteroatoms. The van der Waals surface area contributed by atoms with Crippen LogP contribution < -0.4 is 5.32 Å². The summed E-state index contributed by atoms with van der Waals surface area (Å²) in [5.74, 6) is 0.455. The number of amides is 1. The fourth-order valence-electron chi connectivity index (χ4n) is 2.87. The van der Waals surface area contributed by atoms with E-state index in [1.807, 2.05) is 43.9 Å². The number of nitrogens with one attached hydrogen (secondary N) is 1. The van der Waals surface area contributed by atoms with Crippen molar-refractivity contribution in [3.8, 4) is 11.4 Å². The Kier molecular flexibility index (Phi) is 4.98. The molecule has 0 radical (unpaired) electrons. The third-order valence-electron chi connectivity index (χ3n) is 4.43. The molecule has 0 unspecified atom stereocenters. The Hall–Kier alpha value is -2.44. The van der Waals surface area contributed by atoms with E-state index in [1.54, 1.807) is 0 Å². The van der Waals surface area contributed by atoms with Gasteiger partial charge in [-0.2, -0.15) is 0 Å². The van der Waals surface area contributed by atoms with Crippen LogP contribution in [0.15, 0.2) is 24.5 Å². The van der Waals surface area contributed by atoms with Gasteiger partial charge in [0, 0.05) is 12.2 Å². The van der Waals surface area contributed by atoms with Gasteiger partial charge in [0.05, 0.1) is 17.9 Å². The van der Waals surface area contributed by atoms with Crippen molar-refractivity contribution >= 4 is 6.09 Å². The molecule has 1 amide bonds. The summed E-state index contributed by atoms with van der Waals surface area (Å²) in [5, 5.41) is 11.4. The monoisotopic (exact) mass is 357 g/mol. The minimum Gasteiger partial charge on any atom is -0.444 e. The number of alkyl carbamates (subject to hydrolysis) is 1. The van der Waals surface area contributed by atoms with E-state index in [1.165, 1.54) is 5.56 Å². The van der Waals surface area contributed by atoms with E-state index in [0.717, 1.165) is 24.2 Å². The Morgan fingerprint density at radius 2 is 2.00 bits per heavy atom. The van der Waals surface area contributed by atoms with Gasteiger partial charge in [0.2, 0.25) is 0 Å². The number of hydrogen-bond donors (Lipinski definition) is 1. The second-order valence-electron chi connectivity index (χ2n) is 8.18. The molecule has 0 saturated heterocycles. The number of hydrogen-bond acceptors (Lipinski definition) is 5. The summed E-state index contributed by atoms with van der Waals surface area (Å²) in [7, 11) is 0. The van der Waals surface area contributed by atoms with Crippen LogP contribution in [0.5, 0.6) is 0 Å². The summed E-state index contributed by atoms with van der Waals surface area (Å²) < 4.78 is 7.14. The predicted octanol–water partition coefficient (Wildman–Crippen LogP) is 3.69. The van der Waals surface area contributed by atoms with Crippen molar-refractivity contribution in [2.24, 2.45) is 0 Å². The van der Waals surface area contributed by atoms with Crippen molar-refractivity contribution < 1.29 is 9.53 Å². The van der Waals surface area contributed by atoms with Gasteiger partial charge in [-0.15, -0.1) is 5.10 Å². The summed E-state index contributed by atoms with van der Waals surface area (Å²) in [6, 6.07) is 4.42. The van der Waals surface area contributed by atoms with E-state index >= 15 is 0 Å². The molecule has 2 heterocycles. The second kappa shape index (κ2) is 7.05. The Morgan fingerprint density at radius 1 is 1.27 bits per heavy atom. The molecular formula is C19H27N5O2. The first-order valence-electron chi connectivity index (χ1n) is 9.09. The number of ether oxygens (including phenoxy) is 1. The lowest BCUT2D eigenvalue weighted by Gasteiger charge is -2.35. The zero-order valence-electron chi connectivity index (χ0n) is 16.1. The van der Waals surface area contributed by atoms with Gasteiger partial charge in [-0.1, -0.05) is 25.1 Å². The van der Waals surface area contributed by atoms with Gasteiger partial charge >= 0.3 is 6.09 Å². The fraction of sp³-hybridized carbons (Fsp3) is 0.579. The molecule has 0 aromatic carbocycles. The van der Waals surface area contributed by atoms with Gasteiger partial charge in [0.25, 0.3) is 0 Å². The minimum atomic E-state index is -0.480. The molecule has 2 aromatic heterocycles. The van der Waals surface area contributed by atoms with Crippen LogP contribution in [-0.2, 0) is 4.74 Å². The van der Waals surface area contributed by atoms with Gasteiger partial charge in [-0.05, 0) is 51.2 Å². The number of pyridine rings is 1. The second-order valence-corrected chi connectivity index (χ2v) is 8.18. The summed E-state index contributed by atoms with van der Waals surface area (Å²) >= 11 is 0. The molecule has 2 aromatic rings. The van der Waals surface area contributed by atoms with Crippen molar-refractivity contribution in [1.82, 2.24) is 25.3 Å². The van der Waals surface area contributed by atoms with Crippen LogP contribution in [-0.4, -0.2) is 37.7 Å². The van der Waals surface area contributed by atoms with Crippen LogP contribution in [0.1, 0.15) is 65.0 Å². The molecule has 0 bridgehead atoms. The molecule has 1 saturated carbocycles. The number of carbonyl (C=O) groups excluding carboxylic acids is 1. The molecule has 0 spiro atoms. The van der Waals surface area contributed by atoms with Crippen LogP contribution in [0, 0.1) is 0 Å². The first-order valence-corrected chi connectivity index (χ1v) is 9.09. The average Bonchev–Trinajstić information content (AvgIpc) is 2.98. The van der Waals surface area contributed by atoms with Gasteiger partial charge in [0.1, 0.15) is 11.3 Å². The van der Waals surface area contributed by atoms with E-state index in [4.69, 9.17) is 4.74 Å². The normalized spacial score (nSPS) is 19.9. The van der Waals surface area contributed by atoms with Crippen LogP contribution in [0.25, 0.3) is 11.4 Å². The van der Waals surface area contributed by atoms with Crippen LogP contribution >= 0.6 is 0 Å². The van der Waals surface area contributed by atoms with Crippen LogP contribution in [0.4, 0.5) is 4.79 Å². The minimum absolute atomic E-state index is 0.117. The zero-order valence-corrected chi connectivity index (χ0v) is 16.1. The number of nitrogens with zero attached hydrogens (tertiary/aromatic N) is 4. The van der Waals surface area contributed by atoms with E-state index in [-0.39, 0.29) is 18.2 Å². The Bertz CT molecular complexity index is 755. The number of carbonyl (C=O) groups is 1. The van der Waals surface area contributed by atoms with Gasteiger partial charge in [-0.25, -0.2) is 9.48 Å². The molecule has 1 aliphatic carbocycles. The summed E-state index contributed by atoms with van der Waals surface area (Å²) in [6.07, 6.45) is 5.09. The van der Waals surface area contributed by atoms with Crippen molar-refractivity contribution in [2.75, 3.05) is 0 Å². The SMILES string of the molecule is CC(C)c1ccc(-c2cn(C3CC(NC(=O)OC(C)(C)C)C3)nn2)nc1. The van der Waals surface area contributed by atoms with Gasteiger partial charge in [0.15, 0.2) is 0 Å². The van der Waals surface area contributed by atoms with Crippen molar-refractivity contribution in [3.63, 3.8) is 0 Å². The van der Waals surface area contributed by atoms with Gasteiger partial charge < -0.3 is 10.1 Å². The van der Waals surface area contributed by atoms with Crippen molar-refractivity contribution in [2.45, 2.75) is 71.1 Å². The predicted molar refractivity (Wildman–Crippen MR) is 98.8 cm³/mol. The lowest BCUT2D eigenvalue weighted by Crippen LogP contribution is -2.46. The lowest BCUT2D eigenvalue weighted by molar-refractivity contribution is 0.0452. The third-order valence-corrected chi connectivity index (χ3v) is 4.43. The smallest absolute Gasteiger partial charge is 0.407 e. The highest BCUT2D eigenvalue weighted by molar-refractivity contribution is 5.68. The molecule has 26 heavy (non-hydrogen) atoms. The Morgan fingerprint density at radius 3 is 2.58 bits per heavy atom. The Labute approximate surface area is 154 Å². The summed E-state index contributed by atoms with van der Waals surface area (Å²) in [5.41, 5.74) is 2.31. The number of rotatable bonds is 4. The molecule has 0 aliphatic heterocycles. The molecule has 1 fully saturated rings. The molecule has 140 valence electrons. The molecule has 0 atom stereocenters. The van der Waals surface area contributed by atoms with E-state index in [0.29, 0.717) is 5.92 Å². The Balaban J connectivity index is 1.54. The van der Waals surface area contributed by atoms with Crippen LogP contribution in [0.2, 0.25) is 0 Å². The van der Waals surface area contributed by atoms with E-state index in [9.17, 15) is 4.79 Å². The summed E-state index contributed by atoms with van der Waals surface area (Å²) in [6.45, 7) is 9.86. The molecule has 3 rings (SSSR count). The first-order chi connectivity index (χ1) is 12.2. The summed E-state index contributed by atoms with van der Waals surface area (Å²) in [4.78, 5) is 16.3. The highest BCUT2D eigenvalue weighted by atomic mass is 16.6. The van der Waals surface area contributed by atoms with Gasteiger partial charge in [-0.3, -0.25) is 4.98 Å². The van der Waals surface area contributed by atoms with Crippen LogP contribution in [0.3, 0.4) is 0 Å². The highest BCUT2D eigenvalue weighted by Crippen LogP contribution is 2.32. The maximum atomic E-state index is 11.8. The zero-order chi connectivity index (χ0) is 18.9. The fourth-order valence-corrected chi connectivity index (χ4v) is 2.87. The average molecular weight is 357 g/mol. The standard InChI is InChI=1S/C19H27N5O2/c1-12(2)13-6-7-16(20-10-13)17-11-24(23-22-17)15-8-14(9-15)21-18(25)26-19(3,4)5/h6-7,10-12,14-15H,8-9H2,1-5H3,(H,21,25). The maximum absolute atomic E-state index is 11.8. The van der Waals surface area contributed by atoms with E-state index < -0.39 is 5.60 Å². The highest BCUT2D eigenvalue weighted by Gasteiger charge is 2.33. The van der Waals surface area contributed by atoms with Crippen molar-refractivity contribution in [1.29, 1.82) is 0 Å². The molecule has 7 nitrogen and oxygen atoms in total. The van der Waals surface area contributed by atoms with Crippen molar-refractivity contribution in [3.05, 3.63) is 30.1 Å². The largest absolute Gasteiger partial charge is 0.444 e. The molecule has 1 N–H and O–H groups in total. The topological polar surface area (TPSA) is 81.9 Å². The maximum Gasteiger partial charge on any atom is 0.407 e.